The van der Waals surface area contributed by atoms with Gasteiger partial charge in [-0.05, 0) is 48.0 Å². The summed E-state index contributed by atoms with van der Waals surface area (Å²) in [6.45, 7) is -0.181. The number of oxime groups is 1. The van der Waals surface area contributed by atoms with Gasteiger partial charge >= 0.3 is 0 Å². The predicted molar refractivity (Wildman–Crippen MR) is 88.0 cm³/mol. The zero-order valence-corrected chi connectivity index (χ0v) is 13.1. The second kappa shape index (κ2) is 8.05. The maximum absolute atomic E-state index is 11.9. The van der Waals surface area contributed by atoms with Gasteiger partial charge in [-0.1, -0.05) is 16.8 Å². The van der Waals surface area contributed by atoms with Crippen molar-refractivity contribution in [3.63, 3.8) is 0 Å². The van der Waals surface area contributed by atoms with E-state index < -0.39 is 0 Å². The molecule has 2 rings (SSSR count). The van der Waals surface area contributed by atoms with Gasteiger partial charge in [0.2, 0.25) is 0 Å². The van der Waals surface area contributed by atoms with Crippen molar-refractivity contribution in [2.45, 2.75) is 0 Å². The van der Waals surface area contributed by atoms with Crippen molar-refractivity contribution in [2.24, 2.45) is 5.16 Å². The van der Waals surface area contributed by atoms with Crippen LogP contribution in [0.1, 0.15) is 5.56 Å². The fourth-order valence-corrected chi connectivity index (χ4v) is 2.04. The summed E-state index contributed by atoms with van der Waals surface area (Å²) >= 11 is 6.03. The molecule has 0 aliphatic heterocycles. The topological polar surface area (TPSA) is 80.2 Å². The lowest BCUT2D eigenvalue weighted by Gasteiger charge is -2.09. The van der Waals surface area contributed by atoms with Gasteiger partial charge < -0.3 is 20.0 Å². The zero-order chi connectivity index (χ0) is 16.7. The highest BCUT2D eigenvalue weighted by Crippen LogP contribution is 2.25. The van der Waals surface area contributed by atoms with Crippen LogP contribution in [0.4, 0.5) is 5.69 Å². The van der Waals surface area contributed by atoms with Gasteiger partial charge in [-0.15, -0.1) is 0 Å². The highest BCUT2D eigenvalue weighted by molar-refractivity contribution is 6.32. The molecule has 0 atom stereocenters. The Kier molecular flexibility index (Phi) is 5.82. The number of rotatable bonds is 6. The minimum absolute atomic E-state index is 0.181. The summed E-state index contributed by atoms with van der Waals surface area (Å²) in [5.74, 6) is 0.761. The Balaban J connectivity index is 1.90. The van der Waals surface area contributed by atoms with Gasteiger partial charge in [0.05, 0.1) is 18.3 Å². The van der Waals surface area contributed by atoms with Crippen molar-refractivity contribution in [1.82, 2.24) is 0 Å². The number of nitrogens with one attached hydrogen (secondary N) is 1. The SMILES string of the molecule is COc1ccc(NC(=O)COc2ccc(/C=N/O)cc2Cl)cc1. The molecule has 120 valence electrons. The number of nitrogens with zero attached hydrogens (tertiary/aromatic N) is 1. The minimum Gasteiger partial charge on any atom is -0.497 e. The molecule has 6 nitrogen and oxygen atoms in total. The highest BCUT2D eigenvalue weighted by Gasteiger charge is 2.07. The first-order valence-corrected chi connectivity index (χ1v) is 7.04. The molecular formula is C16H15ClN2O4. The second-order valence-corrected chi connectivity index (χ2v) is 4.91. The number of methoxy groups -OCH3 is 1. The fourth-order valence-electron chi connectivity index (χ4n) is 1.80. The summed E-state index contributed by atoms with van der Waals surface area (Å²) in [6.07, 6.45) is 1.24. The Morgan fingerprint density at radius 2 is 2.04 bits per heavy atom. The quantitative estimate of drug-likeness (QED) is 0.483. The smallest absolute Gasteiger partial charge is 0.262 e. The van der Waals surface area contributed by atoms with Crippen LogP contribution in [0, 0.1) is 0 Å². The largest absolute Gasteiger partial charge is 0.497 e. The molecule has 0 fully saturated rings. The monoisotopic (exact) mass is 334 g/mol. The molecule has 0 aromatic heterocycles. The standard InChI is InChI=1S/C16H15ClN2O4/c1-22-13-5-3-12(4-6-13)19-16(20)10-23-15-7-2-11(9-18-21)8-14(15)17/h2-9,21H,10H2,1H3,(H,19,20)/b18-9+. The van der Waals surface area contributed by atoms with Gasteiger partial charge in [-0.2, -0.15) is 0 Å². The van der Waals surface area contributed by atoms with E-state index in [0.717, 1.165) is 0 Å². The van der Waals surface area contributed by atoms with E-state index in [0.29, 0.717) is 27.8 Å². The van der Waals surface area contributed by atoms with Crippen LogP contribution in [-0.2, 0) is 4.79 Å². The van der Waals surface area contributed by atoms with Gasteiger partial charge in [-0.25, -0.2) is 0 Å². The van der Waals surface area contributed by atoms with Crippen LogP contribution in [0.5, 0.6) is 11.5 Å². The lowest BCUT2D eigenvalue weighted by atomic mass is 10.2. The van der Waals surface area contributed by atoms with Crippen LogP contribution < -0.4 is 14.8 Å². The average molecular weight is 335 g/mol. The number of ether oxygens (including phenoxy) is 2. The third-order valence-electron chi connectivity index (χ3n) is 2.90. The van der Waals surface area contributed by atoms with Crippen LogP contribution in [0.25, 0.3) is 0 Å². The van der Waals surface area contributed by atoms with E-state index in [1.165, 1.54) is 6.21 Å². The molecule has 0 saturated heterocycles. The second-order valence-electron chi connectivity index (χ2n) is 4.50. The number of hydrogen-bond donors (Lipinski definition) is 2. The zero-order valence-electron chi connectivity index (χ0n) is 12.3. The molecule has 23 heavy (non-hydrogen) atoms. The van der Waals surface area contributed by atoms with E-state index in [1.807, 2.05) is 0 Å². The first kappa shape index (κ1) is 16.6. The van der Waals surface area contributed by atoms with Crippen molar-refractivity contribution in [3.05, 3.63) is 53.1 Å². The van der Waals surface area contributed by atoms with E-state index in [-0.39, 0.29) is 12.5 Å². The molecule has 0 heterocycles. The Labute approximate surface area is 138 Å². The molecular weight excluding hydrogens is 320 g/mol. The molecule has 0 saturated carbocycles. The first-order chi connectivity index (χ1) is 11.1. The molecule has 2 N–H and O–H groups in total. The lowest BCUT2D eigenvalue weighted by molar-refractivity contribution is -0.118. The summed E-state index contributed by atoms with van der Waals surface area (Å²) in [6, 6.07) is 11.8. The van der Waals surface area contributed by atoms with E-state index >= 15 is 0 Å². The van der Waals surface area contributed by atoms with E-state index in [1.54, 1.807) is 49.6 Å². The van der Waals surface area contributed by atoms with Gasteiger partial charge in [0.1, 0.15) is 11.5 Å². The molecule has 7 heteroatoms. The minimum atomic E-state index is -0.313. The van der Waals surface area contributed by atoms with Gasteiger partial charge in [-0.3, -0.25) is 4.79 Å². The van der Waals surface area contributed by atoms with Gasteiger partial charge in [0.25, 0.3) is 5.91 Å². The number of carbonyl (C=O) groups excluding carboxylic acids is 1. The third kappa shape index (κ3) is 4.89. The summed E-state index contributed by atoms with van der Waals surface area (Å²) in [4.78, 5) is 11.9. The Hall–Kier alpha value is -2.73. The lowest BCUT2D eigenvalue weighted by Crippen LogP contribution is -2.20. The molecule has 0 radical (unpaired) electrons. The predicted octanol–water partition coefficient (Wildman–Crippen LogP) is 3.17. The number of benzene rings is 2. The molecule has 0 spiro atoms. The molecule has 0 aliphatic rings. The molecule has 1 amide bonds. The normalized spacial score (nSPS) is 10.5. The number of amides is 1. The van der Waals surface area contributed by atoms with E-state index in [2.05, 4.69) is 10.5 Å². The number of carbonyl (C=O) groups is 1. The summed E-state index contributed by atoms with van der Waals surface area (Å²) in [5.41, 5.74) is 1.26. The van der Waals surface area contributed by atoms with Crippen molar-refractivity contribution >= 4 is 29.4 Å². The molecule has 0 bridgehead atoms. The Morgan fingerprint density at radius 3 is 2.65 bits per heavy atom. The summed E-state index contributed by atoms with van der Waals surface area (Å²) in [5, 5.41) is 14.4. The van der Waals surface area contributed by atoms with E-state index in [4.69, 9.17) is 26.3 Å². The third-order valence-corrected chi connectivity index (χ3v) is 3.19. The van der Waals surface area contributed by atoms with Crippen LogP contribution in [0.3, 0.4) is 0 Å². The highest BCUT2D eigenvalue weighted by atomic mass is 35.5. The molecule has 0 aliphatic carbocycles. The van der Waals surface area contributed by atoms with Gasteiger partial charge in [0.15, 0.2) is 6.61 Å². The number of anilines is 1. The van der Waals surface area contributed by atoms with Gasteiger partial charge in [0, 0.05) is 5.69 Å². The maximum Gasteiger partial charge on any atom is 0.262 e. The number of hydrogen-bond acceptors (Lipinski definition) is 5. The molecule has 2 aromatic carbocycles. The maximum atomic E-state index is 11.9. The van der Waals surface area contributed by atoms with Crippen LogP contribution in [0.15, 0.2) is 47.6 Å². The average Bonchev–Trinajstić information content (AvgIpc) is 2.55. The fraction of sp³-hybridized carbons (Fsp3) is 0.125. The first-order valence-electron chi connectivity index (χ1n) is 6.66. The number of halogens is 1. The Bertz CT molecular complexity index is 702. The molecule has 2 aromatic rings. The van der Waals surface area contributed by atoms with Crippen LogP contribution in [0.2, 0.25) is 5.02 Å². The summed E-state index contributed by atoms with van der Waals surface area (Å²) < 4.78 is 10.4. The van der Waals surface area contributed by atoms with Crippen molar-refractivity contribution in [3.8, 4) is 11.5 Å². The Morgan fingerprint density at radius 1 is 1.30 bits per heavy atom. The summed E-state index contributed by atoms with van der Waals surface area (Å²) in [7, 11) is 1.57. The van der Waals surface area contributed by atoms with Crippen LogP contribution >= 0.6 is 11.6 Å². The van der Waals surface area contributed by atoms with Crippen molar-refractivity contribution < 1.29 is 19.5 Å². The van der Waals surface area contributed by atoms with Crippen molar-refractivity contribution in [2.75, 3.05) is 19.0 Å². The van der Waals surface area contributed by atoms with Crippen LogP contribution in [-0.4, -0.2) is 31.0 Å². The molecule has 0 unspecified atom stereocenters. The van der Waals surface area contributed by atoms with Crippen molar-refractivity contribution in [1.29, 1.82) is 0 Å². The van der Waals surface area contributed by atoms with E-state index in [9.17, 15) is 4.79 Å².